The van der Waals surface area contributed by atoms with Gasteiger partial charge in [0.15, 0.2) is 49.6 Å². The van der Waals surface area contributed by atoms with Crippen LogP contribution in [0.4, 0.5) is 0 Å². The Labute approximate surface area is 297 Å². The second kappa shape index (κ2) is 13.7. The quantitative estimate of drug-likeness (QED) is 0.163. The van der Waals surface area contributed by atoms with Crippen LogP contribution < -0.4 is 18.3 Å². The van der Waals surface area contributed by atoms with Gasteiger partial charge in [-0.2, -0.15) is 18.3 Å². The van der Waals surface area contributed by atoms with Gasteiger partial charge in [-0.1, -0.05) is 36.4 Å². The summed E-state index contributed by atoms with van der Waals surface area (Å²) < 4.78 is 35.2. The second-order valence-corrected chi connectivity index (χ2v) is 14.1. The van der Waals surface area contributed by atoms with Gasteiger partial charge in [-0.15, -0.1) is 0 Å². The van der Waals surface area contributed by atoms with Crippen molar-refractivity contribution < 1.29 is 26.7 Å². The van der Waals surface area contributed by atoms with Crippen molar-refractivity contribution in [2.75, 3.05) is 0 Å². The number of sulfone groups is 1. The van der Waals surface area contributed by atoms with E-state index in [0.29, 0.717) is 0 Å². The van der Waals surface area contributed by atoms with Gasteiger partial charge in [0, 0.05) is 97.1 Å². The highest BCUT2D eigenvalue weighted by atomic mass is 32.2. The van der Waals surface area contributed by atoms with Gasteiger partial charge in [0.1, 0.15) is 0 Å². The molecule has 51 heavy (non-hydrogen) atoms. The molecule has 7 heteroatoms. The Morgan fingerprint density at radius 1 is 0.275 bits per heavy atom. The zero-order valence-electron chi connectivity index (χ0n) is 27.6. The zero-order chi connectivity index (χ0) is 34.6. The molecule has 0 unspecified atom stereocenters. The van der Waals surface area contributed by atoms with Gasteiger partial charge in [-0.05, 0) is 46.5 Å². The fraction of sp³-hybridized carbons (Fsp3) is 0. The van der Waals surface area contributed by atoms with E-state index < -0.39 is 9.84 Å². The van der Waals surface area contributed by atoms with Crippen LogP contribution in [0.3, 0.4) is 0 Å². The van der Waals surface area contributed by atoms with Crippen molar-refractivity contribution in [2.24, 2.45) is 0 Å². The molecule has 0 atom stereocenters. The molecular formula is C44H34N4O2S+4. The number of rotatable bonds is 8. The number of pyridine rings is 4. The summed E-state index contributed by atoms with van der Waals surface area (Å²) in [5.74, 6) is 0. The molecule has 6 nitrogen and oxygen atoms in total. The van der Waals surface area contributed by atoms with E-state index in [9.17, 15) is 8.42 Å². The van der Waals surface area contributed by atoms with Crippen LogP contribution in [0.15, 0.2) is 217 Å². The monoisotopic (exact) mass is 682 g/mol. The van der Waals surface area contributed by atoms with Gasteiger partial charge in [0.05, 0.1) is 9.79 Å². The summed E-state index contributed by atoms with van der Waals surface area (Å²) in [5, 5.41) is 0. The topological polar surface area (TPSA) is 49.7 Å². The predicted molar refractivity (Wildman–Crippen MR) is 195 cm³/mol. The van der Waals surface area contributed by atoms with E-state index in [1.54, 1.807) is 24.3 Å². The van der Waals surface area contributed by atoms with E-state index in [1.165, 1.54) is 0 Å². The lowest BCUT2D eigenvalue weighted by Gasteiger charge is -2.06. The van der Waals surface area contributed by atoms with Crippen LogP contribution in [0.25, 0.3) is 45.0 Å². The van der Waals surface area contributed by atoms with Crippen LogP contribution in [0.5, 0.6) is 0 Å². The highest BCUT2D eigenvalue weighted by Crippen LogP contribution is 2.23. The Kier molecular flexibility index (Phi) is 8.54. The van der Waals surface area contributed by atoms with E-state index in [-0.39, 0.29) is 9.79 Å². The first-order valence-electron chi connectivity index (χ1n) is 16.6. The fourth-order valence-corrected chi connectivity index (χ4v) is 7.36. The molecule has 8 aromatic rings. The van der Waals surface area contributed by atoms with E-state index in [4.69, 9.17) is 0 Å². The molecule has 0 saturated heterocycles. The van der Waals surface area contributed by atoms with E-state index in [0.717, 1.165) is 45.0 Å². The lowest BCUT2D eigenvalue weighted by Crippen LogP contribution is -2.29. The molecule has 0 aliphatic rings. The number of hydrogen-bond acceptors (Lipinski definition) is 2. The minimum atomic E-state index is -3.69. The summed E-state index contributed by atoms with van der Waals surface area (Å²) in [6.45, 7) is 0. The molecule has 244 valence electrons. The Balaban J connectivity index is 0.931. The summed E-state index contributed by atoms with van der Waals surface area (Å²) in [4.78, 5) is 0.501. The van der Waals surface area contributed by atoms with E-state index >= 15 is 0 Å². The van der Waals surface area contributed by atoms with Gasteiger partial charge < -0.3 is 0 Å². The minimum absolute atomic E-state index is 0.251. The lowest BCUT2D eigenvalue weighted by atomic mass is 10.1. The smallest absolute Gasteiger partial charge is 0.210 e. The molecule has 0 bridgehead atoms. The van der Waals surface area contributed by atoms with Gasteiger partial charge >= 0.3 is 0 Å². The van der Waals surface area contributed by atoms with Crippen molar-refractivity contribution >= 4 is 9.84 Å². The summed E-state index contributed by atoms with van der Waals surface area (Å²) in [7, 11) is -3.69. The van der Waals surface area contributed by atoms with Crippen LogP contribution in [-0.2, 0) is 9.84 Å². The molecule has 0 aliphatic heterocycles. The molecule has 0 N–H and O–H groups in total. The highest BCUT2D eigenvalue weighted by Gasteiger charge is 2.20. The SMILES string of the molecule is O=S(=O)(c1ccc(-[n+]2ccc(-c3cc[n+](-c4ccccc4)cc3)cc2)cc1)c1ccc(-[n+]2ccc(-c3cc[n+](-c4ccccc4)cc3)cc2)cc1. The molecule has 0 spiro atoms. The molecule has 0 amide bonds. The third kappa shape index (κ3) is 6.71. The van der Waals surface area contributed by atoms with Crippen molar-refractivity contribution in [1.82, 2.24) is 0 Å². The molecule has 8 rings (SSSR count). The number of nitrogens with zero attached hydrogens (tertiary/aromatic N) is 4. The third-order valence-corrected chi connectivity index (χ3v) is 10.8. The van der Waals surface area contributed by atoms with Crippen LogP contribution >= 0.6 is 0 Å². The minimum Gasteiger partial charge on any atom is -0.219 e. The van der Waals surface area contributed by atoms with Crippen molar-refractivity contribution in [3.63, 3.8) is 0 Å². The van der Waals surface area contributed by atoms with Crippen LogP contribution in [0.1, 0.15) is 0 Å². The van der Waals surface area contributed by atoms with E-state index in [1.807, 2.05) is 94.6 Å². The first-order valence-corrected chi connectivity index (χ1v) is 18.1. The van der Waals surface area contributed by atoms with Crippen LogP contribution in [0.2, 0.25) is 0 Å². The standard InChI is InChI=1S/C44H34N4O2S/c49-51(50,43-15-11-41(12-16-43)47-31-23-37(24-32-47)35-19-27-45(28-20-35)39-7-3-1-4-8-39)44-17-13-42(14-18-44)48-33-25-38(26-34-48)36-21-29-46(30-22-36)40-9-5-2-6-10-40/h1-34H/q+4. The Hall–Kier alpha value is -6.57. The average molecular weight is 683 g/mol. The maximum absolute atomic E-state index is 13.5. The maximum Gasteiger partial charge on any atom is 0.210 e. The number of hydrogen-bond donors (Lipinski definition) is 0. The first-order chi connectivity index (χ1) is 25.0. The summed E-state index contributed by atoms with van der Waals surface area (Å²) in [6, 6.07) is 51.0. The van der Waals surface area contributed by atoms with Gasteiger partial charge in [-0.25, -0.2) is 8.42 Å². The van der Waals surface area contributed by atoms with Crippen molar-refractivity contribution in [1.29, 1.82) is 0 Å². The predicted octanol–water partition coefficient (Wildman–Crippen LogP) is 6.96. The molecule has 0 saturated carbocycles. The molecule has 0 fully saturated rings. The Bertz CT molecular complexity index is 2330. The Morgan fingerprint density at radius 3 is 0.765 bits per heavy atom. The maximum atomic E-state index is 13.5. The molecular weight excluding hydrogens is 649 g/mol. The van der Waals surface area contributed by atoms with Gasteiger partial charge in [-0.3, -0.25) is 0 Å². The molecule has 4 heterocycles. The number of aromatic nitrogens is 4. The lowest BCUT2D eigenvalue weighted by molar-refractivity contribution is -0.596. The molecule has 4 aromatic heterocycles. The van der Waals surface area contributed by atoms with Crippen molar-refractivity contribution in [3.05, 3.63) is 207 Å². The molecule has 0 radical (unpaired) electrons. The van der Waals surface area contributed by atoms with Gasteiger partial charge in [0.25, 0.3) is 0 Å². The van der Waals surface area contributed by atoms with Crippen LogP contribution in [0, 0.1) is 0 Å². The first kappa shape index (κ1) is 31.7. The summed E-state index contributed by atoms with van der Waals surface area (Å²) in [5.41, 5.74) is 8.38. The largest absolute Gasteiger partial charge is 0.219 e. The summed E-state index contributed by atoms with van der Waals surface area (Å²) in [6.07, 6.45) is 16.2. The summed E-state index contributed by atoms with van der Waals surface area (Å²) >= 11 is 0. The molecule has 0 aliphatic carbocycles. The van der Waals surface area contributed by atoms with Crippen LogP contribution in [-0.4, -0.2) is 8.42 Å². The number of para-hydroxylation sites is 2. The van der Waals surface area contributed by atoms with Crippen molar-refractivity contribution in [2.45, 2.75) is 9.79 Å². The zero-order valence-corrected chi connectivity index (χ0v) is 28.5. The molecule has 4 aromatic carbocycles. The third-order valence-electron chi connectivity index (χ3n) is 8.98. The normalized spacial score (nSPS) is 11.3. The Morgan fingerprint density at radius 2 is 0.510 bits per heavy atom. The van der Waals surface area contributed by atoms with E-state index in [2.05, 4.69) is 107 Å². The number of benzene rings is 4. The van der Waals surface area contributed by atoms with Crippen molar-refractivity contribution in [3.8, 4) is 45.0 Å². The average Bonchev–Trinajstić information content (AvgIpc) is 3.22. The highest BCUT2D eigenvalue weighted by molar-refractivity contribution is 7.91. The van der Waals surface area contributed by atoms with Gasteiger partial charge in [0.2, 0.25) is 32.6 Å². The second-order valence-electron chi connectivity index (χ2n) is 12.1. The fourth-order valence-electron chi connectivity index (χ4n) is 6.10.